The van der Waals surface area contributed by atoms with Gasteiger partial charge in [0.15, 0.2) is 0 Å². The van der Waals surface area contributed by atoms with Crippen molar-refractivity contribution in [3.63, 3.8) is 0 Å². The van der Waals surface area contributed by atoms with Crippen LogP contribution in [0.1, 0.15) is 12.8 Å². The van der Waals surface area contributed by atoms with Crippen LogP contribution in [-0.4, -0.2) is 25.2 Å². The molecule has 2 unspecified atom stereocenters. The lowest BCUT2D eigenvalue weighted by Crippen LogP contribution is -2.37. The summed E-state index contributed by atoms with van der Waals surface area (Å²) in [6, 6.07) is 1.14. The summed E-state index contributed by atoms with van der Waals surface area (Å²) < 4.78 is 0. The molecular weight excluding hydrogens is 124 g/mol. The molecule has 2 rings (SSSR count). The first-order valence-corrected chi connectivity index (χ1v) is 4.03. The van der Waals surface area contributed by atoms with Gasteiger partial charge in [-0.1, -0.05) is 12.2 Å². The fourth-order valence-electron chi connectivity index (χ4n) is 1.69. The highest BCUT2D eigenvalue weighted by atomic mass is 15.0. The van der Waals surface area contributed by atoms with Gasteiger partial charge in [0.1, 0.15) is 0 Å². The number of hydrogen-bond donors (Lipinski definition) is 1. The highest BCUT2D eigenvalue weighted by molar-refractivity contribution is 5.07. The third-order valence-corrected chi connectivity index (χ3v) is 2.25. The summed E-state index contributed by atoms with van der Waals surface area (Å²) in [5, 5.41) is 7.90. The quantitative estimate of drug-likeness (QED) is 0.516. The first-order chi connectivity index (χ1) is 4.97. The number of nitrogens with zero attached hydrogens (tertiary/aromatic N) is 1. The van der Waals surface area contributed by atoms with Crippen LogP contribution in [0.3, 0.4) is 0 Å². The van der Waals surface area contributed by atoms with Gasteiger partial charge in [0.05, 0.1) is 0 Å². The number of rotatable bonds is 1. The first-order valence-electron chi connectivity index (χ1n) is 4.03. The highest BCUT2D eigenvalue weighted by Crippen LogP contribution is 2.13. The largest absolute Gasteiger partial charge is 0.306 e. The van der Waals surface area contributed by atoms with Gasteiger partial charge in [0, 0.05) is 25.2 Å². The normalized spacial score (nSPS) is 39.2. The van der Waals surface area contributed by atoms with E-state index in [0.29, 0.717) is 12.1 Å². The summed E-state index contributed by atoms with van der Waals surface area (Å²) >= 11 is 0. The Morgan fingerprint density at radius 1 is 1.50 bits per heavy atom. The minimum absolute atomic E-state index is 0.558. The molecule has 2 nitrogen and oxygen atoms in total. The first kappa shape index (κ1) is 6.38. The van der Waals surface area contributed by atoms with Crippen LogP contribution in [-0.2, 0) is 0 Å². The van der Waals surface area contributed by atoms with Crippen molar-refractivity contribution >= 4 is 0 Å². The minimum atomic E-state index is 0.558. The molecule has 2 aliphatic rings. The Labute approximate surface area is 61.7 Å². The van der Waals surface area contributed by atoms with E-state index in [2.05, 4.69) is 22.8 Å². The summed E-state index contributed by atoms with van der Waals surface area (Å²) in [5.41, 5.74) is 0. The Hall–Kier alpha value is -0.340. The van der Waals surface area contributed by atoms with Crippen LogP contribution in [0.5, 0.6) is 0 Å². The van der Waals surface area contributed by atoms with E-state index in [0.717, 1.165) is 13.1 Å². The average molecular weight is 137 g/mol. The van der Waals surface area contributed by atoms with E-state index >= 15 is 0 Å². The SMILES string of the molecule is C1=CC(C2CCC[N]2)NC1. The molecule has 2 aliphatic heterocycles. The molecule has 0 saturated carbocycles. The molecule has 0 amide bonds. The van der Waals surface area contributed by atoms with E-state index in [9.17, 15) is 0 Å². The Morgan fingerprint density at radius 3 is 3.10 bits per heavy atom. The monoisotopic (exact) mass is 137 g/mol. The van der Waals surface area contributed by atoms with Crippen molar-refractivity contribution in [2.24, 2.45) is 0 Å². The molecule has 55 valence electrons. The van der Waals surface area contributed by atoms with Gasteiger partial charge in [-0.15, -0.1) is 0 Å². The minimum Gasteiger partial charge on any atom is -0.306 e. The van der Waals surface area contributed by atoms with Crippen molar-refractivity contribution in [3.8, 4) is 0 Å². The predicted octanol–water partition coefficient (Wildman–Crippen LogP) is 0.281. The molecule has 1 N–H and O–H groups in total. The van der Waals surface area contributed by atoms with Crippen LogP contribution in [0.4, 0.5) is 0 Å². The lowest BCUT2D eigenvalue weighted by molar-refractivity contribution is 0.486. The molecule has 10 heavy (non-hydrogen) atoms. The molecule has 0 spiro atoms. The van der Waals surface area contributed by atoms with E-state index in [1.165, 1.54) is 12.8 Å². The van der Waals surface area contributed by atoms with Crippen molar-refractivity contribution < 1.29 is 0 Å². The molecule has 0 bridgehead atoms. The molecule has 2 heterocycles. The second-order valence-corrected chi connectivity index (χ2v) is 2.98. The van der Waals surface area contributed by atoms with Crippen LogP contribution in [0.25, 0.3) is 0 Å². The molecule has 0 aromatic rings. The Balaban J connectivity index is 1.91. The van der Waals surface area contributed by atoms with Gasteiger partial charge in [-0.3, -0.25) is 0 Å². The molecule has 0 aromatic carbocycles. The standard InChI is InChI=1S/C8H13N2/c1-3-7(9-5-1)8-4-2-6-10-8/h1,3,7-9H,2,4-6H2. The van der Waals surface area contributed by atoms with Gasteiger partial charge in [-0.05, 0) is 12.8 Å². The van der Waals surface area contributed by atoms with Crippen LogP contribution < -0.4 is 10.6 Å². The topological polar surface area (TPSA) is 26.1 Å². The van der Waals surface area contributed by atoms with Gasteiger partial charge in [-0.25, -0.2) is 5.32 Å². The maximum absolute atomic E-state index is 4.50. The summed E-state index contributed by atoms with van der Waals surface area (Å²) in [6.45, 7) is 2.12. The maximum atomic E-state index is 4.50. The zero-order valence-electron chi connectivity index (χ0n) is 6.09. The van der Waals surface area contributed by atoms with Crippen molar-refractivity contribution in [2.45, 2.75) is 24.9 Å². The predicted molar refractivity (Wildman–Crippen MR) is 41.0 cm³/mol. The van der Waals surface area contributed by atoms with Gasteiger partial charge in [0.25, 0.3) is 0 Å². The van der Waals surface area contributed by atoms with E-state index < -0.39 is 0 Å². The van der Waals surface area contributed by atoms with Gasteiger partial charge in [0.2, 0.25) is 0 Å². The fourth-order valence-corrected chi connectivity index (χ4v) is 1.69. The van der Waals surface area contributed by atoms with Crippen LogP contribution in [0.2, 0.25) is 0 Å². The smallest absolute Gasteiger partial charge is 0.0435 e. The Bertz CT molecular complexity index is 136. The second-order valence-electron chi connectivity index (χ2n) is 2.98. The summed E-state index contributed by atoms with van der Waals surface area (Å²) in [5.74, 6) is 0. The van der Waals surface area contributed by atoms with Gasteiger partial charge >= 0.3 is 0 Å². The molecule has 1 saturated heterocycles. The average Bonchev–Trinajstić information content (AvgIpc) is 2.59. The Kier molecular flexibility index (Phi) is 1.74. The zero-order valence-corrected chi connectivity index (χ0v) is 6.09. The van der Waals surface area contributed by atoms with E-state index in [4.69, 9.17) is 0 Å². The van der Waals surface area contributed by atoms with Crippen molar-refractivity contribution in [2.75, 3.05) is 13.1 Å². The maximum Gasteiger partial charge on any atom is 0.0435 e. The summed E-state index contributed by atoms with van der Waals surface area (Å²) in [4.78, 5) is 0. The van der Waals surface area contributed by atoms with E-state index in [-0.39, 0.29) is 0 Å². The van der Waals surface area contributed by atoms with Gasteiger partial charge in [-0.2, -0.15) is 0 Å². The van der Waals surface area contributed by atoms with E-state index in [1.807, 2.05) is 0 Å². The van der Waals surface area contributed by atoms with E-state index in [1.54, 1.807) is 0 Å². The van der Waals surface area contributed by atoms with Crippen LogP contribution in [0.15, 0.2) is 12.2 Å². The second kappa shape index (κ2) is 2.72. The molecule has 0 aromatic heterocycles. The molecule has 2 atom stereocenters. The lowest BCUT2D eigenvalue weighted by Gasteiger charge is -2.15. The van der Waals surface area contributed by atoms with Crippen molar-refractivity contribution in [1.82, 2.24) is 10.6 Å². The van der Waals surface area contributed by atoms with Crippen molar-refractivity contribution in [3.05, 3.63) is 12.2 Å². The lowest BCUT2D eigenvalue weighted by atomic mass is 10.1. The molecule has 1 radical (unpaired) electrons. The fraction of sp³-hybridized carbons (Fsp3) is 0.750. The van der Waals surface area contributed by atoms with Crippen LogP contribution >= 0.6 is 0 Å². The van der Waals surface area contributed by atoms with Gasteiger partial charge < -0.3 is 5.32 Å². The van der Waals surface area contributed by atoms with Crippen LogP contribution in [0, 0.1) is 0 Å². The number of hydrogen-bond acceptors (Lipinski definition) is 1. The third-order valence-electron chi connectivity index (χ3n) is 2.25. The number of nitrogens with one attached hydrogen (secondary N) is 1. The summed E-state index contributed by atoms with van der Waals surface area (Å²) in [6.07, 6.45) is 7.01. The van der Waals surface area contributed by atoms with Crippen molar-refractivity contribution in [1.29, 1.82) is 0 Å². The third kappa shape index (κ3) is 1.09. The highest BCUT2D eigenvalue weighted by Gasteiger charge is 2.24. The summed E-state index contributed by atoms with van der Waals surface area (Å²) in [7, 11) is 0. The zero-order chi connectivity index (χ0) is 6.81. The molecular formula is C8H13N2. The molecule has 2 heteroatoms. The molecule has 1 fully saturated rings. The molecule has 0 aliphatic carbocycles. The Morgan fingerprint density at radius 2 is 2.50 bits per heavy atom.